The molecule has 4 aromatic carbocycles. The number of hydrogen-bond acceptors (Lipinski definition) is 9. The van der Waals surface area contributed by atoms with E-state index in [9.17, 15) is 30.3 Å². The first kappa shape index (κ1) is 24.1. The summed E-state index contributed by atoms with van der Waals surface area (Å²) in [5.41, 5.74) is -0.0529. The molecule has 0 aromatic heterocycles. The van der Waals surface area contributed by atoms with Crippen molar-refractivity contribution in [2.45, 2.75) is 11.5 Å². The quantitative estimate of drug-likeness (QED) is 0.145. The van der Waals surface area contributed by atoms with Crippen LogP contribution in [0.1, 0.15) is 33.9 Å². The van der Waals surface area contributed by atoms with Crippen LogP contribution in [0, 0.1) is 0 Å². The number of phenols is 5. The van der Waals surface area contributed by atoms with Crippen molar-refractivity contribution in [3.63, 3.8) is 0 Å². The van der Waals surface area contributed by atoms with E-state index in [0.717, 1.165) is 6.07 Å². The molecule has 2 atom stereocenters. The molecule has 4 aromatic rings. The van der Waals surface area contributed by atoms with Crippen LogP contribution in [-0.2, 0) is 10.2 Å². The van der Waals surface area contributed by atoms with Gasteiger partial charge in [0.25, 0.3) is 0 Å². The zero-order valence-electron chi connectivity index (χ0n) is 20.5. The van der Waals surface area contributed by atoms with Gasteiger partial charge in [0.1, 0.15) is 34.9 Å². The molecule has 9 heteroatoms. The summed E-state index contributed by atoms with van der Waals surface area (Å²) in [6, 6.07) is 16.7. The predicted molar refractivity (Wildman–Crippen MR) is 139 cm³/mol. The zero-order valence-corrected chi connectivity index (χ0v) is 20.5. The molecule has 0 bridgehead atoms. The third-order valence-electron chi connectivity index (χ3n) is 6.94. The molecule has 1 spiro atoms. The van der Waals surface area contributed by atoms with Gasteiger partial charge in [0.15, 0.2) is 16.9 Å². The maximum Gasteiger partial charge on any atom is 0.331 e. The summed E-state index contributed by atoms with van der Waals surface area (Å²) in [6.45, 7) is 0. The van der Waals surface area contributed by atoms with E-state index in [0.29, 0.717) is 16.7 Å². The molecule has 0 unspecified atom stereocenters. The highest BCUT2D eigenvalue weighted by molar-refractivity contribution is 6.01. The van der Waals surface area contributed by atoms with Crippen LogP contribution >= 0.6 is 0 Å². The van der Waals surface area contributed by atoms with E-state index in [2.05, 4.69) is 0 Å². The van der Waals surface area contributed by atoms with Crippen molar-refractivity contribution in [3.05, 3.63) is 94.5 Å². The Hall–Kier alpha value is -5.31. The second kappa shape index (κ2) is 8.63. The van der Waals surface area contributed by atoms with Gasteiger partial charge in [0, 0.05) is 23.8 Å². The molecule has 0 aliphatic carbocycles. The maximum absolute atomic E-state index is 14.0. The minimum absolute atomic E-state index is 0.0502. The number of methoxy groups -OCH3 is 1. The third kappa shape index (κ3) is 3.51. The van der Waals surface area contributed by atoms with Crippen molar-refractivity contribution in [2.75, 3.05) is 7.11 Å². The van der Waals surface area contributed by atoms with E-state index in [1.807, 2.05) is 6.07 Å². The number of carbonyl (C=O) groups is 1. The van der Waals surface area contributed by atoms with Gasteiger partial charge in [0.2, 0.25) is 5.75 Å². The second-order valence-electron chi connectivity index (χ2n) is 9.28. The Balaban J connectivity index is 1.68. The summed E-state index contributed by atoms with van der Waals surface area (Å²) >= 11 is 0. The van der Waals surface area contributed by atoms with Crippen molar-refractivity contribution < 1.29 is 44.5 Å². The summed E-state index contributed by atoms with van der Waals surface area (Å²) in [4.78, 5) is 14.0. The molecule has 0 saturated carbocycles. The number of rotatable bonds is 4. The highest BCUT2D eigenvalue weighted by atomic mass is 16.6. The number of aromatic hydroxyl groups is 5. The van der Waals surface area contributed by atoms with E-state index in [-0.39, 0.29) is 57.1 Å². The smallest absolute Gasteiger partial charge is 0.331 e. The van der Waals surface area contributed by atoms with E-state index < -0.39 is 17.5 Å². The van der Waals surface area contributed by atoms with E-state index >= 15 is 0 Å². The first-order valence-corrected chi connectivity index (χ1v) is 11.9. The maximum atomic E-state index is 14.0. The number of benzene rings is 4. The molecule has 9 nitrogen and oxygen atoms in total. The van der Waals surface area contributed by atoms with Crippen LogP contribution in [0.5, 0.6) is 46.0 Å². The molecule has 39 heavy (non-hydrogen) atoms. The van der Waals surface area contributed by atoms with Crippen molar-refractivity contribution in [2.24, 2.45) is 0 Å². The van der Waals surface area contributed by atoms with Crippen LogP contribution in [0.15, 0.2) is 66.7 Å². The lowest BCUT2D eigenvalue weighted by Gasteiger charge is -2.29. The van der Waals surface area contributed by atoms with Crippen molar-refractivity contribution in [1.29, 1.82) is 0 Å². The summed E-state index contributed by atoms with van der Waals surface area (Å²) in [6.07, 6.45) is 2.12. The fourth-order valence-electron chi connectivity index (χ4n) is 5.49. The highest BCUT2D eigenvalue weighted by Gasteiger charge is 2.65. The van der Waals surface area contributed by atoms with Gasteiger partial charge >= 0.3 is 5.97 Å². The Morgan fingerprint density at radius 2 is 1.51 bits per heavy atom. The molecule has 6 rings (SSSR count). The van der Waals surface area contributed by atoms with Crippen LogP contribution in [-0.4, -0.2) is 38.6 Å². The standard InChI is InChI=1S/C30H22O9/c1-37-26-22(35)11-17(8-7-15-9-18(31)12-19(32)10-15)24-27(26)39-29(36)30(24)25-21(34)13-20(33)14-23(25)38-28(30)16-5-3-2-4-6-16/h2-14,28,31-35H,1H3/b8-7+/t28-,30-/m1/s1. The fourth-order valence-corrected chi connectivity index (χ4v) is 5.49. The number of fused-ring (bicyclic) bond motifs is 4. The minimum Gasteiger partial charge on any atom is -0.508 e. The van der Waals surface area contributed by atoms with Gasteiger partial charge in [-0.15, -0.1) is 0 Å². The summed E-state index contributed by atoms with van der Waals surface area (Å²) in [5.74, 6) is -2.07. The van der Waals surface area contributed by atoms with E-state index in [1.165, 1.54) is 37.4 Å². The SMILES string of the molecule is COc1c(O)cc(/C=C/c2cc(O)cc(O)c2)c2c1OC(=O)[C@@]21c2c(O)cc(O)cc2O[C@@H]1c1ccccc1. The van der Waals surface area contributed by atoms with Crippen LogP contribution in [0.25, 0.3) is 12.2 Å². The normalized spacial score (nSPS) is 19.1. The van der Waals surface area contributed by atoms with Gasteiger partial charge in [-0.3, -0.25) is 4.79 Å². The van der Waals surface area contributed by atoms with Crippen LogP contribution in [0.4, 0.5) is 0 Å². The average Bonchev–Trinajstić information content (AvgIpc) is 3.38. The first-order valence-electron chi connectivity index (χ1n) is 11.9. The lowest BCUT2D eigenvalue weighted by Crippen LogP contribution is -2.40. The monoisotopic (exact) mass is 526 g/mol. The molecule has 2 aliphatic rings. The molecular formula is C30H22O9. The number of phenolic OH excluding ortho intramolecular Hbond substituents is 5. The van der Waals surface area contributed by atoms with Gasteiger partial charge in [-0.2, -0.15) is 0 Å². The Bertz CT molecular complexity index is 1660. The first-order chi connectivity index (χ1) is 18.7. The molecule has 2 aliphatic heterocycles. The van der Waals surface area contributed by atoms with Gasteiger partial charge < -0.3 is 39.7 Å². The third-order valence-corrected chi connectivity index (χ3v) is 6.94. The number of hydrogen-bond donors (Lipinski definition) is 5. The molecule has 2 heterocycles. The molecular weight excluding hydrogens is 504 g/mol. The van der Waals surface area contributed by atoms with Gasteiger partial charge in [-0.25, -0.2) is 0 Å². The van der Waals surface area contributed by atoms with E-state index in [1.54, 1.807) is 36.4 Å². The lowest BCUT2D eigenvalue weighted by atomic mass is 9.68. The van der Waals surface area contributed by atoms with E-state index in [4.69, 9.17) is 14.2 Å². The summed E-state index contributed by atoms with van der Waals surface area (Å²) in [5, 5.41) is 51.9. The molecule has 196 valence electrons. The van der Waals surface area contributed by atoms with Crippen LogP contribution in [0.2, 0.25) is 0 Å². The predicted octanol–water partition coefficient (Wildman–Crippen LogP) is 4.73. The van der Waals surface area contributed by atoms with Gasteiger partial charge in [-0.05, 0) is 34.9 Å². The minimum atomic E-state index is -1.76. The Morgan fingerprint density at radius 3 is 2.21 bits per heavy atom. The topological polar surface area (TPSA) is 146 Å². The van der Waals surface area contributed by atoms with Crippen LogP contribution < -0.4 is 14.2 Å². The Kier molecular flexibility index (Phi) is 5.32. The summed E-state index contributed by atoms with van der Waals surface area (Å²) < 4.78 is 17.4. The summed E-state index contributed by atoms with van der Waals surface area (Å²) in [7, 11) is 1.32. The molecule has 5 N–H and O–H groups in total. The lowest BCUT2D eigenvalue weighted by molar-refractivity contribution is -0.139. The average molecular weight is 526 g/mol. The van der Waals surface area contributed by atoms with Gasteiger partial charge in [0.05, 0.1) is 12.7 Å². The fraction of sp³-hybridized carbons (Fsp3) is 0.100. The molecule has 0 fully saturated rings. The molecule has 0 radical (unpaired) electrons. The largest absolute Gasteiger partial charge is 0.508 e. The van der Waals surface area contributed by atoms with Crippen LogP contribution in [0.3, 0.4) is 0 Å². The highest BCUT2D eigenvalue weighted by Crippen LogP contribution is 2.65. The zero-order chi connectivity index (χ0) is 27.5. The van der Waals surface area contributed by atoms with Crippen molar-refractivity contribution in [1.82, 2.24) is 0 Å². The Labute approximate surface area is 222 Å². The Morgan fingerprint density at radius 1 is 0.821 bits per heavy atom. The van der Waals surface area contributed by atoms with Crippen molar-refractivity contribution >= 4 is 18.1 Å². The van der Waals surface area contributed by atoms with Gasteiger partial charge in [-0.1, -0.05) is 42.5 Å². The number of esters is 1. The molecule has 0 saturated heterocycles. The molecule has 0 amide bonds. The number of ether oxygens (including phenoxy) is 3. The number of carbonyl (C=O) groups excluding carboxylic acids is 1. The van der Waals surface area contributed by atoms with Crippen molar-refractivity contribution in [3.8, 4) is 46.0 Å². The second-order valence-corrected chi connectivity index (χ2v) is 9.28.